The van der Waals surface area contributed by atoms with Crippen molar-refractivity contribution in [3.05, 3.63) is 35.9 Å². The van der Waals surface area contributed by atoms with Gasteiger partial charge in [-0.15, -0.1) is 0 Å². The molecule has 0 saturated heterocycles. The van der Waals surface area contributed by atoms with Crippen molar-refractivity contribution in [1.82, 2.24) is 4.90 Å². The number of carbonyl (C=O) groups is 1. The highest BCUT2D eigenvalue weighted by Crippen LogP contribution is 2.21. The molecule has 0 aromatic heterocycles. The summed E-state index contributed by atoms with van der Waals surface area (Å²) in [6, 6.07) is 9.25. The summed E-state index contributed by atoms with van der Waals surface area (Å²) in [5.41, 5.74) is 6.17. The summed E-state index contributed by atoms with van der Waals surface area (Å²) in [5, 5.41) is 9.75. The van der Waals surface area contributed by atoms with Gasteiger partial charge in [0.1, 0.15) is 0 Å². The third-order valence-corrected chi connectivity index (χ3v) is 3.11. The molecule has 0 saturated carbocycles. The Bertz CT molecular complexity index is 412. The van der Waals surface area contributed by atoms with Gasteiger partial charge in [0.15, 0.2) is 0 Å². The molecule has 1 rings (SSSR count). The molecule has 0 heterocycles. The molecule has 3 N–H and O–H groups in total. The van der Waals surface area contributed by atoms with Crippen molar-refractivity contribution in [1.29, 1.82) is 0 Å². The normalized spacial score (nSPS) is 14.8. The number of hydrogen-bond acceptors (Lipinski definition) is 3. The minimum absolute atomic E-state index is 0.0570. The molecule has 0 aliphatic rings. The lowest BCUT2D eigenvalue weighted by molar-refractivity contribution is -0.137. The highest BCUT2D eigenvalue weighted by molar-refractivity contribution is 5.79. The lowest BCUT2D eigenvalue weighted by Crippen LogP contribution is -2.43. The Morgan fingerprint density at radius 3 is 2.37 bits per heavy atom. The van der Waals surface area contributed by atoms with Crippen LogP contribution in [0.2, 0.25) is 0 Å². The van der Waals surface area contributed by atoms with E-state index < -0.39 is 5.60 Å². The van der Waals surface area contributed by atoms with Gasteiger partial charge in [-0.25, -0.2) is 0 Å². The average Bonchev–Trinajstić information content (AvgIpc) is 2.35. The van der Waals surface area contributed by atoms with Crippen LogP contribution in [0.1, 0.15) is 32.4 Å². The summed E-state index contributed by atoms with van der Waals surface area (Å²) < 4.78 is 0. The van der Waals surface area contributed by atoms with E-state index in [1.54, 1.807) is 20.9 Å². The highest BCUT2D eigenvalue weighted by atomic mass is 16.3. The fourth-order valence-corrected chi connectivity index (χ4v) is 2.12. The van der Waals surface area contributed by atoms with E-state index in [2.05, 4.69) is 0 Å². The first-order valence-corrected chi connectivity index (χ1v) is 6.50. The second-order valence-corrected chi connectivity index (χ2v) is 5.73. The molecule has 1 aromatic carbocycles. The van der Waals surface area contributed by atoms with Crippen LogP contribution in [-0.2, 0) is 4.79 Å². The van der Waals surface area contributed by atoms with E-state index >= 15 is 0 Å². The Morgan fingerprint density at radius 1 is 1.37 bits per heavy atom. The molecular formula is C15H24N2O2. The molecule has 2 atom stereocenters. The maximum Gasteiger partial charge on any atom is 0.227 e. The van der Waals surface area contributed by atoms with Crippen LogP contribution in [0.25, 0.3) is 0 Å². The van der Waals surface area contributed by atoms with Crippen LogP contribution in [0.4, 0.5) is 0 Å². The van der Waals surface area contributed by atoms with E-state index in [1.807, 2.05) is 37.3 Å². The maximum atomic E-state index is 12.3. The average molecular weight is 264 g/mol. The monoisotopic (exact) mass is 264 g/mol. The van der Waals surface area contributed by atoms with Gasteiger partial charge in [0.25, 0.3) is 0 Å². The van der Waals surface area contributed by atoms with E-state index in [1.165, 1.54) is 4.90 Å². The number of likely N-dealkylation sites (N-methyl/N-ethyl adjacent to an activating group) is 1. The number of hydrogen-bond donors (Lipinski definition) is 2. The molecule has 4 nitrogen and oxygen atoms in total. The number of benzene rings is 1. The standard InChI is InChI=1S/C15H24N2O2/c1-11(13(16)12-8-6-5-7-9-12)14(18)17(4)10-15(2,3)19/h5-9,11,13,19H,10,16H2,1-4H3. The molecule has 0 radical (unpaired) electrons. The Hall–Kier alpha value is -1.39. The SMILES string of the molecule is CC(C(=O)N(C)CC(C)(C)O)C(N)c1ccccc1. The molecule has 2 unspecified atom stereocenters. The van der Waals surface area contributed by atoms with Gasteiger partial charge >= 0.3 is 0 Å². The quantitative estimate of drug-likeness (QED) is 0.848. The number of nitrogens with zero attached hydrogens (tertiary/aromatic N) is 1. The van der Waals surface area contributed by atoms with Crippen molar-refractivity contribution < 1.29 is 9.90 Å². The molecule has 0 bridgehead atoms. The van der Waals surface area contributed by atoms with Crippen molar-refractivity contribution >= 4 is 5.91 Å². The molecule has 0 aliphatic carbocycles. The maximum absolute atomic E-state index is 12.3. The van der Waals surface area contributed by atoms with Gasteiger partial charge in [0, 0.05) is 19.6 Å². The van der Waals surface area contributed by atoms with Gasteiger partial charge < -0.3 is 15.7 Å². The van der Waals surface area contributed by atoms with Crippen molar-refractivity contribution in [2.24, 2.45) is 11.7 Å². The van der Waals surface area contributed by atoms with Crippen molar-refractivity contribution in [3.8, 4) is 0 Å². The zero-order valence-electron chi connectivity index (χ0n) is 12.1. The Labute approximate surface area is 115 Å². The van der Waals surface area contributed by atoms with Crippen LogP contribution in [-0.4, -0.2) is 35.1 Å². The van der Waals surface area contributed by atoms with Crippen LogP contribution in [0.15, 0.2) is 30.3 Å². The van der Waals surface area contributed by atoms with Gasteiger partial charge in [0.05, 0.1) is 11.5 Å². The first-order valence-electron chi connectivity index (χ1n) is 6.50. The van der Waals surface area contributed by atoms with Crippen LogP contribution in [0, 0.1) is 5.92 Å². The Balaban J connectivity index is 2.72. The highest BCUT2D eigenvalue weighted by Gasteiger charge is 2.27. The van der Waals surface area contributed by atoms with Crippen LogP contribution in [0.3, 0.4) is 0 Å². The fraction of sp³-hybridized carbons (Fsp3) is 0.533. The number of amides is 1. The summed E-state index contributed by atoms with van der Waals surface area (Å²) >= 11 is 0. The van der Waals surface area contributed by atoms with Crippen molar-refractivity contribution in [2.75, 3.05) is 13.6 Å². The first kappa shape index (κ1) is 15.7. The zero-order valence-corrected chi connectivity index (χ0v) is 12.1. The predicted molar refractivity (Wildman–Crippen MR) is 76.5 cm³/mol. The molecule has 0 spiro atoms. The summed E-state index contributed by atoms with van der Waals surface area (Å²) in [4.78, 5) is 13.8. The molecule has 0 fully saturated rings. The summed E-state index contributed by atoms with van der Waals surface area (Å²) in [6.45, 7) is 5.47. The summed E-state index contributed by atoms with van der Waals surface area (Å²) in [7, 11) is 1.69. The predicted octanol–water partition coefficient (Wildman–Crippen LogP) is 1.55. The molecule has 106 valence electrons. The molecule has 4 heteroatoms. The summed E-state index contributed by atoms with van der Waals surface area (Å²) in [6.07, 6.45) is 0. The Morgan fingerprint density at radius 2 is 1.89 bits per heavy atom. The summed E-state index contributed by atoms with van der Waals surface area (Å²) in [5.74, 6) is -0.381. The van der Waals surface area contributed by atoms with Crippen LogP contribution in [0.5, 0.6) is 0 Å². The largest absolute Gasteiger partial charge is 0.389 e. The van der Waals surface area contributed by atoms with E-state index in [0.717, 1.165) is 5.56 Å². The van der Waals surface area contributed by atoms with Crippen molar-refractivity contribution in [2.45, 2.75) is 32.4 Å². The van der Waals surface area contributed by atoms with Gasteiger partial charge in [0.2, 0.25) is 5.91 Å². The van der Waals surface area contributed by atoms with Gasteiger partial charge in [-0.05, 0) is 19.4 Å². The van der Waals surface area contributed by atoms with Gasteiger partial charge in [-0.1, -0.05) is 37.3 Å². The zero-order chi connectivity index (χ0) is 14.6. The molecule has 19 heavy (non-hydrogen) atoms. The smallest absolute Gasteiger partial charge is 0.227 e. The number of nitrogens with two attached hydrogens (primary N) is 1. The minimum atomic E-state index is -0.902. The van der Waals surface area contributed by atoms with Crippen molar-refractivity contribution in [3.63, 3.8) is 0 Å². The topological polar surface area (TPSA) is 66.6 Å². The van der Waals surface area contributed by atoms with Gasteiger partial charge in [-0.3, -0.25) is 4.79 Å². The molecule has 1 amide bonds. The minimum Gasteiger partial charge on any atom is -0.389 e. The van der Waals surface area contributed by atoms with E-state index in [9.17, 15) is 9.90 Å². The first-order chi connectivity index (χ1) is 8.72. The third kappa shape index (κ3) is 4.65. The molecule has 1 aromatic rings. The molecular weight excluding hydrogens is 240 g/mol. The lowest BCUT2D eigenvalue weighted by atomic mass is 9.94. The van der Waals surface area contributed by atoms with Crippen LogP contribution < -0.4 is 5.73 Å². The Kier molecular flexibility index (Phi) is 5.09. The second-order valence-electron chi connectivity index (χ2n) is 5.73. The van der Waals surface area contributed by atoms with Crippen LogP contribution >= 0.6 is 0 Å². The second kappa shape index (κ2) is 6.17. The fourth-order valence-electron chi connectivity index (χ4n) is 2.12. The van der Waals surface area contributed by atoms with Gasteiger partial charge in [-0.2, -0.15) is 0 Å². The van der Waals surface area contributed by atoms with E-state index in [0.29, 0.717) is 0 Å². The molecule has 0 aliphatic heterocycles. The third-order valence-electron chi connectivity index (χ3n) is 3.11. The van der Waals surface area contributed by atoms with E-state index in [-0.39, 0.29) is 24.4 Å². The number of carbonyl (C=O) groups excluding carboxylic acids is 1. The number of rotatable bonds is 5. The van der Waals surface area contributed by atoms with E-state index in [4.69, 9.17) is 5.73 Å². The number of aliphatic hydroxyl groups is 1. The lowest BCUT2D eigenvalue weighted by Gasteiger charge is -2.29.